The minimum Gasteiger partial charge on any atom is -0.497 e. The molecule has 1 atom stereocenters. The topological polar surface area (TPSA) is 93.7 Å². The average molecular weight is 435 g/mol. The van der Waals surface area contributed by atoms with Gasteiger partial charge in [-0.1, -0.05) is 23.7 Å². The van der Waals surface area contributed by atoms with Crippen LogP contribution in [0.2, 0.25) is 5.02 Å². The van der Waals surface area contributed by atoms with Crippen molar-refractivity contribution in [2.75, 3.05) is 19.0 Å². The molecule has 1 heterocycles. The number of benzene rings is 2. The molecule has 1 aliphatic rings. The van der Waals surface area contributed by atoms with Gasteiger partial charge in [-0.05, 0) is 35.9 Å². The number of thioether (sulfide) groups is 1. The Labute approximate surface area is 177 Å². The Balaban J connectivity index is 1.44. The fourth-order valence-electron chi connectivity index (χ4n) is 2.65. The van der Waals surface area contributed by atoms with Crippen LogP contribution in [0.5, 0.6) is 5.75 Å². The predicted molar refractivity (Wildman–Crippen MR) is 110 cm³/mol. The molecule has 7 nitrogen and oxygen atoms in total. The van der Waals surface area contributed by atoms with E-state index in [-0.39, 0.29) is 18.9 Å². The van der Waals surface area contributed by atoms with Gasteiger partial charge in [-0.3, -0.25) is 14.4 Å². The van der Waals surface area contributed by atoms with Gasteiger partial charge in [0.15, 0.2) is 6.61 Å². The molecule has 2 N–H and O–H groups in total. The lowest BCUT2D eigenvalue weighted by atomic mass is 10.2. The first-order valence-electron chi connectivity index (χ1n) is 8.77. The van der Waals surface area contributed by atoms with Gasteiger partial charge in [-0.15, -0.1) is 11.8 Å². The van der Waals surface area contributed by atoms with Crippen LogP contribution in [-0.2, 0) is 25.7 Å². The highest BCUT2D eigenvalue weighted by atomic mass is 35.5. The van der Waals surface area contributed by atoms with Gasteiger partial charge in [0.2, 0.25) is 5.91 Å². The zero-order valence-electron chi connectivity index (χ0n) is 15.6. The fourth-order valence-corrected chi connectivity index (χ4v) is 3.90. The summed E-state index contributed by atoms with van der Waals surface area (Å²) < 4.78 is 10.1. The Hall–Kier alpha value is -2.71. The largest absolute Gasteiger partial charge is 0.497 e. The normalized spacial score (nSPS) is 15.1. The van der Waals surface area contributed by atoms with E-state index in [2.05, 4.69) is 10.6 Å². The van der Waals surface area contributed by atoms with Crippen LogP contribution in [0.15, 0.2) is 47.4 Å². The lowest BCUT2D eigenvalue weighted by molar-refractivity contribution is -0.149. The molecule has 0 saturated heterocycles. The number of fused-ring (bicyclic) bond motifs is 1. The molecule has 0 saturated carbocycles. The lowest BCUT2D eigenvalue weighted by Crippen LogP contribution is -2.33. The number of ether oxygens (including phenoxy) is 2. The van der Waals surface area contributed by atoms with Gasteiger partial charge >= 0.3 is 5.97 Å². The molecular weight excluding hydrogens is 416 g/mol. The molecule has 0 spiro atoms. The van der Waals surface area contributed by atoms with E-state index in [9.17, 15) is 14.4 Å². The van der Waals surface area contributed by atoms with Crippen LogP contribution in [0.1, 0.15) is 12.0 Å². The van der Waals surface area contributed by atoms with Crippen molar-refractivity contribution in [3.8, 4) is 5.75 Å². The maximum Gasteiger partial charge on any atom is 0.307 e. The van der Waals surface area contributed by atoms with Crippen molar-refractivity contribution in [2.45, 2.75) is 23.1 Å². The molecule has 9 heteroatoms. The number of hydrogen-bond acceptors (Lipinski definition) is 6. The van der Waals surface area contributed by atoms with Crippen LogP contribution in [0, 0.1) is 0 Å². The second kappa shape index (κ2) is 9.67. The quantitative estimate of drug-likeness (QED) is 0.650. The average Bonchev–Trinajstić information content (AvgIpc) is 2.71. The zero-order chi connectivity index (χ0) is 20.8. The molecule has 29 heavy (non-hydrogen) atoms. The minimum absolute atomic E-state index is 0.137. The van der Waals surface area contributed by atoms with Crippen molar-refractivity contribution >= 4 is 46.8 Å². The molecule has 0 aliphatic carbocycles. The van der Waals surface area contributed by atoms with Gasteiger partial charge in [0.1, 0.15) is 5.75 Å². The van der Waals surface area contributed by atoms with Crippen LogP contribution >= 0.6 is 23.4 Å². The van der Waals surface area contributed by atoms with Crippen LogP contribution in [0.25, 0.3) is 0 Å². The maximum atomic E-state index is 12.2. The van der Waals surface area contributed by atoms with Crippen molar-refractivity contribution in [3.05, 3.63) is 53.1 Å². The third-order valence-electron chi connectivity index (χ3n) is 4.10. The lowest BCUT2D eigenvalue weighted by Gasteiger charge is -2.23. The summed E-state index contributed by atoms with van der Waals surface area (Å²) in [4.78, 5) is 37.0. The van der Waals surface area contributed by atoms with E-state index in [1.165, 1.54) is 11.8 Å². The molecule has 0 aromatic heterocycles. The number of methoxy groups -OCH3 is 1. The molecule has 3 rings (SSSR count). The number of carbonyl (C=O) groups excluding carboxylic acids is 3. The smallest absolute Gasteiger partial charge is 0.307 e. The Morgan fingerprint density at radius 2 is 2.07 bits per heavy atom. The molecule has 0 bridgehead atoms. The van der Waals surface area contributed by atoms with Crippen molar-refractivity contribution in [1.29, 1.82) is 0 Å². The molecule has 152 valence electrons. The van der Waals surface area contributed by atoms with Crippen molar-refractivity contribution in [1.82, 2.24) is 5.32 Å². The summed E-state index contributed by atoms with van der Waals surface area (Å²) in [5.74, 6) is -0.659. The minimum atomic E-state index is -0.629. The number of carbonyl (C=O) groups is 3. The molecule has 2 aromatic rings. The van der Waals surface area contributed by atoms with E-state index >= 15 is 0 Å². The van der Waals surface area contributed by atoms with E-state index in [4.69, 9.17) is 21.1 Å². The Bertz CT molecular complexity index is 937. The highest BCUT2D eigenvalue weighted by Crippen LogP contribution is 2.38. The van der Waals surface area contributed by atoms with Gasteiger partial charge in [-0.25, -0.2) is 0 Å². The summed E-state index contributed by atoms with van der Waals surface area (Å²) in [6, 6.07) is 12.4. The van der Waals surface area contributed by atoms with Crippen LogP contribution in [0.3, 0.4) is 0 Å². The van der Waals surface area contributed by atoms with Crippen LogP contribution in [-0.4, -0.2) is 36.8 Å². The van der Waals surface area contributed by atoms with Crippen molar-refractivity contribution < 1.29 is 23.9 Å². The molecule has 2 aromatic carbocycles. The van der Waals surface area contributed by atoms with E-state index in [0.717, 1.165) is 10.5 Å². The maximum absolute atomic E-state index is 12.2. The number of anilines is 1. The summed E-state index contributed by atoms with van der Waals surface area (Å²) in [6.45, 7) is -0.123. The number of nitrogens with one attached hydrogen (secondary N) is 2. The first-order valence-corrected chi connectivity index (χ1v) is 10.0. The zero-order valence-corrected chi connectivity index (χ0v) is 17.1. The highest BCUT2D eigenvalue weighted by Gasteiger charge is 2.29. The van der Waals surface area contributed by atoms with Crippen LogP contribution in [0.4, 0.5) is 5.69 Å². The van der Waals surface area contributed by atoms with Crippen molar-refractivity contribution in [2.24, 2.45) is 0 Å². The van der Waals surface area contributed by atoms with E-state index in [1.54, 1.807) is 37.4 Å². The second-order valence-corrected chi connectivity index (χ2v) is 7.91. The number of rotatable bonds is 7. The summed E-state index contributed by atoms with van der Waals surface area (Å²) in [7, 11) is 1.57. The molecule has 0 radical (unpaired) electrons. The van der Waals surface area contributed by atoms with Gasteiger partial charge in [0.05, 0.1) is 24.5 Å². The third kappa shape index (κ3) is 5.88. The highest BCUT2D eigenvalue weighted by molar-refractivity contribution is 8.01. The van der Waals surface area contributed by atoms with Gasteiger partial charge in [0.25, 0.3) is 5.91 Å². The SMILES string of the molecule is COc1cccc(CNC(=O)COC(=O)CC2Sc3ccc(Cl)cc3NC2=O)c1. The molecule has 1 aliphatic heterocycles. The van der Waals surface area contributed by atoms with Gasteiger partial charge < -0.3 is 20.1 Å². The number of esters is 1. The van der Waals surface area contributed by atoms with Gasteiger partial charge in [-0.2, -0.15) is 0 Å². The molecule has 0 fully saturated rings. The Kier molecular flexibility index (Phi) is 7.00. The molecule has 1 unspecified atom stereocenters. The summed E-state index contributed by atoms with van der Waals surface area (Å²) in [5.41, 5.74) is 1.48. The van der Waals surface area contributed by atoms with E-state index in [1.807, 2.05) is 12.1 Å². The molecule has 2 amide bonds. The van der Waals surface area contributed by atoms with Crippen LogP contribution < -0.4 is 15.4 Å². The number of amides is 2. The Morgan fingerprint density at radius 3 is 2.86 bits per heavy atom. The summed E-state index contributed by atoms with van der Waals surface area (Å²) in [6.07, 6.45) is -0.137. The summed E-state index contributed by atoms with van der Waals surface area (Å²) >= 11 is 7.18. The first-order chi connectivity index (χ1) is 13.9. The fraction of sp³-hybridized carbons (Fsp3) is 0.250. The van der Waals surface area contributed by atoms with E-state index < -0.39 is 23.7 Å². The third-order valence-corrected chi connectivity index (χ3v) is 5.61. The van der Waals surface area contributed by atoms with E-state index in [0.29, 0.717) is 16.5 Å². The standard InChI is InChI=1S/C20H19ClN2O5S/c1-27-14-4-2-3-12(7-14)10-22-18(24)11-28-19(25)9-17-20(26)23-15-8-13(21)5-6-16(15)29-17/h2-8,17H,9-11H2,1H3,(H,22,24)(H,23,26). The Morgan fingerprint density at radius 1 is 1.24 bits per heavy atom. The summed E-state index contributed by atoms with van der Waals surface area (Å²) in [5, 5.41) is 5.28. The second-order valence-electron chi connectivity index (χ2n) is 6.23. The number of hydrogen-bond donors (Lipinski definition) is 2. The molecular formula is C20H19ClN2O5S. The number of halogens is 1. The monoisotopic (exact) mass is 434 g/mol. The first kappa shape index (κ1) is 21.0. The predicted octanol–water partition coefficient (Wildman–Crippen LogP) is 3.01. The van der Waals surface area contributed by atoms with Crippen molar-refractivity contribution in [3.63, 3.8) is 0 Å². The van der Waals surface area contributed by atoms with Gasteiger partial charge in [0, 0.05) is 16.5 Å².